The fourth-order valence-corrected chi connectivity index (χ4v) is 3.64. The van der Waals surface area contributed by atoms with Crippen LogP contribution < -0.4 is 5.73 Å². The van der Waals surface area contributed by atoms with Crippen LogP contribution in [0.15, 0.2) is 0 Å². The number of hydrogen-bond donors (Lipinski definition) is 1. The molecule has 0 aliphatic carbocycles. The molecular weight excluding hydrogens is 208 g/mol. The van der Waals surface area contributed by atoms with Crippen LogP contribution in [-0.2, 0) is 4.79 Å². The minimum atomic E-state index is 0.221. The highest BCUT2D eigenvalue weighted by atomic mass is 32.2. The minimum absolute atomic E-state index is 0.221. The van der Waals surface area contributed by atoms with Crippen LogP contribution in [0.3, 0.4) is 0 Å². The van der Waals surface area contributed by atoms with E-state index in [-0.39, 0.29) is 11.3 Å². The molecule has 2 saturated heterocycles. The Bertz CT molecular complexity index is 239. The molecule has 15 heavy (non-hydrogen) atoms. The summed E-state index contributed by atoms with van der Waals surface area (Å²) in [5, 5.41) is 0.247. The first kappa shape index (κ1) is 11.3. The quantitative estimate of drug-likeness (QED) is 0.769. The normalized spacial score (nSPS) is 33.3. The van der Waals surface area contributed by atoms with Crippen molar-refractivity contribution in [1.82, 2.24) is 4.90 Å². The van der Waals surface area contributed by atoms with Crippen LogP contribution in [-0.4, -0.2) is 40.9 Å². The van der Waals surface area contributed by atoms with Crippen molar-refractivity contribution >= 4 is 17.7 Å². The predicted octanol–water partition coefficient (Wildman–Crippen LogP) is 1.08. The van der Waals surface area contributed by atoms with E-state index in [1.807, 2.05) is 23.6 Å². The summed E-state index contributed by atoms with van der Waals surface area (Å²) in [7, 11) is 0. The van der Waals surface area contributed by atoms with Gasteiger partial charge in [-0.15, -0.1) is 11.8 Å². The molecule has 3 unspecified atom stereocenters. The summed E-state index contributed by atoms with van der Waals surface area (Å²) in [6.45, 7) is 3.85. The Morgan fingerprint density at radius 3 is 2.87 bits per heavy atom. The van der Waals surface area contributed by atoms with Crippen LogP contribution in [0.2, 0.25) is 0 Å². The lowest BCUT2D eigenvalue weighted by atomic mass is 10.0. The zero-order chi connectivity index (χ0) is 10.8. The Kier molecular flexibility index (Phi) is 3.57. The molecule has 2 N–H and O–H groups in total. The van der Waals surface area contributed by atoms with Crippen LogP contribution in [0.25, 0.3) is 0 Å². The van der Waals surface area contributed by atoms with Gasteiger partial charge in [-0.05, 0) is 37.9 Å². The van der Waals surface area contributed by atoms with Gasteiger partial charge in [-0.2, -0.15) is 0 Å². The van der Waals surface area contributed by atoms with Crippen LogP contribution >= 0.6 is 11.8 Å². The average Bonchev–Trinajstić information content (AvgIpc) is 2.88. The largest absolute Gasteiger partial charge is 0.341 e. The van der Waals surface area contributed by atoms with Crippen LogP contribution in [0.1, 0.15) is 26.2 Å². The second-order valence-electron chi connectivity index (χ2n) is 4.69. The molecule has 4 heteroatoms. The molecule has 0 spiro atoms. The first-order valence-corrected chi connectivity index (χ1v) is 6.89. The van der Waals surface area contributed by atoms with Gasteiger partial charge in [0.15, 0.2) is 0 Å². The first-order chi connectivity index (χ1) is 7.18. The Labute approximate surface area is 95.8 Å². The van der Waals surface area contributed by atoms with Gasteiger partial charge in [0.05, 0.1) is 5.25 Å². The van der Waals surface area contributed by atoms with E-state index in [1.54, 1.807) is 0 Å². The van der Waals surface area contributed by atoms with E-state index in [9.17, 15) is 4.79 Å². The van der Waals surface area contributed by atoms with E-state index in [0.29, 0.717) is 11.8 Å². The fourth-order valence-electron chi connectivity index (χ4n) is 2.39. The van der Waals surface area contributed by atoms with Gasteiger partial charge in [0.1, 0.15) is 0 Å². The molecule has 0 aromatic heterocycles. The molecule has 3 atom stereocenters. The van der Waals surface area contributed by atoms with E-state index in [4.69, 9.17) is 5.73 Å². The summed E-state index contributed by atoms with van der Waals surface area (Å²) >= 11 is 1.82. The third-order valence-electron chi connectivity index (χ3n) is 3.49. The Morgan fingerprint density at radius 2 is 2.33 bits per heavy atom. The molecule has 3 nitrogen and oxygen atoms in total. The highest BCUT2D eigenvalue weighted by Crippen LogP contribution is 2.29. The van der Waals surface area contributed by atoms with Crippen molar-refractivity contribution < 1.29 is 4.79 Å². The smallest absolute Gasteiger partial charge is 0.235 e. The van der Waals surface area contributed by atoms with Crippen molar-refractivity contribution in [2.45, 2.75) is 37.5 Å². The number of rotatable bonds is 2. The van der Waals surface area contributed by atoms with Crippen molar-refractivity contribution in [2.75, 3.05) is 18.8 Å². The van der Waals surface area contributed by atoms with E-state index in [1.165, 1.54) is 6.42 Å². The van der Waals surface area contributed by atoms with E-state index in [0.717, 1.165) is 31.7 Å². The third-order valence-corrected chi connectivity index (χ3v) is 4.85. The summed E-state index contributed by atoms with van der Waals surface area (Å²) in [4.78, 5) is 14.1. The summed E-state index contributed by atoms with van der Waals surface area (Å²) < 4.78 is 0. The van der Waals surface area contributed by atoms with Crippen molar-refractivity contribution in [1.29, 1.82) is 0 Å². The minimum Gasteiger partial charge on any atom is -0.341 e. The molecule has 0 aromatic rings. The summed E-state index contributed by atoms with van der Waals surface area (Å²) in [6, 6.07) is 0.221. The van der Waals surface area contributed by atoms with Crippen LogP contribution in [0.5, 0.6) is 0 Å². The molecule has 0 radical (unpaired) electrons. The zero-order valence-electron chi connectivity index (χ0n) is 9.32. The molecule has 0 saturated carbocycles. The Hall–Kier alpha value is -0.220. The Balaban J connectivity index is 1.87. The molecule has 2 aliphatic rings. The number of nitrogens with two attached hydrogens (primary N) is 1. The van der Waals surface area contributed by atoms with Gasteiger partial charge in [-0.1, -0.05) is 0 Å². The molecule has 2 heterocycles. The molecule has 1 amide bonds. The van der Waals surface area contributed by atoms with E-state index < -0.39 is 0 Å². The first-order valence-electron chi connectivity index (χ1n) is 5.84. The second kappa shape index (κ2) is 4.74. The average molecular weight is 228 g/mol. The molecule has 86 valence electrons. The van der Waals surface area contributed by atoms with Crippen LogP contribution in [0.4, 0.5) is 0 Å². The van der Waals surface area contributed by atoms with Crippen molar-refractivity contribution in [3.63, 3.8) is 0 Å². The lowest BCUT2D eigenvalue weighted by Gasteiger charge is -2.21. The van der Waals surface area contributed by atoms with E-state index >= 15 is 0 Å². The maximum absolute atomic E-state index is 12.1. The summed E-state index contributed by atoms with van der Waals surface area (Å²) in [5.41, 5.74) is 5.87. The summed E-state index contributed by atoms with van der Waals surface area (Å²) in [5.74, 6) is 2.03. The summed E-state index contributed by atoms with van der Waals surface area (Å²) in [6.07, 6.45) is 3.36. The topological polar surface area (TPSA) is 46.3 Å². The number of carbonyl (C=O) groups excluding carboxylic acids is 1. The second-order valence-corrected chi connectivity index (χ2v) is 6.00. The standard InChI is InChI=1S/C11H20N2OS/c1-8(12)9-4-5-13(7-9)11(14)10-3-2-6-15-10/h8-10H,2-7,12H2,1H3. The van der Waals surface area contributed by atoms with Gasteiger partial charge in [0.2, 0.25) is 5.91 Å². The highest BCUT2D eigenvalue weighted by molar-refractivity contribution is 8.00. The maximum Gasteiger partial charge on any atom is 0.235 e. The van der Waals surface area contributed by atoms with Gasteiger partial charge in [0, 0.05) is 19.1 Å². The number of nitrogens with zero attached hydrogens (tertiary/aromatic N) is 1. The molecule has 0 bridgehead atoms. The number of carbonyl (C=O) groups is 1. The lowest BCUT2D eigenvalue weighted by Crippen LogP contribution is -2.37. The van der Waals surface area contributed by atoms with Gasteiger partial charge in [-0.25, -0.2) is 0 Å². The number of hydrogen-bond acceptors (Lipinski definition) is 3. The SMILES string of the molecule is CC(N)C1CCN(C(=O)C2CCCS2)C1. The van der Waals surface area contributed by atoms with Crippen molar-refractivity contribution in [3.8, 4) is 0 Å². The maximum atomic E-state index is 12.1. The monoisotopic (exact) mass is 228 g/mol. The van der Waals surface area contributed by atoms with Crippen molar-refractivity contribution in [3.05, 3.63) is 0 Å². The molecular formula is C11H20N2OS. The van der Waals surface area contributed by atoms with Gasteiger partial charge >= 0.3 is 0 Å². The number of thioether (sulfide) groups is 1. The fraction of sp³-hybridized carbons (Fsp3) is 0.909. The lowest BCUT2D eigenvalue weighted by molar-refractivity contribution is -0.129. The number of amides is 1. The van der Waals surface area contributed by atoms with Gasteiger partial charge in [-0.3, -0.25) is 4.79 Å². The van der Waals surface area contributed by atoms with Crippen molar-refractivity contribution in [2.24, 2.45) is 11.7 Å². The number of likely N-dealkylation sites (tertiary alicyclic amines) is 1. The molecule has 0 aromatic carbocycles. The van der Waals surface area contributed by atoms with E-state index in [2.05, 4.69) is 0 Å². The molecule has 2 rings (SSSR count). The van der Waals surface area contributed by atoms with Crippen LogP contribution in [0, 0.1) is 5.92 Å². The molecule has 2 aliphatic heterocycles. The predicted molar refractivity (Wildman–Crippen MR) is 63.8 cm³/mol. The Morgan fingerprint density at radius 1 is 1.53 bits per heavy atom. The molecule has 2 fully saturated rings. The van der Waals surface area contributed by atoms with Gasteiger partial charge < -0.3 is 10.6 Å². The highest BCUT2D eigenvalue weighted by Gasteiger charge is 2.33. The van der Waals surface area contributed by atoms with Gasteiger partial charge in [0.25, 0.3) is 0 Å². The zero-order valence-corrected chi connectivity index (χ0v) is 10.1. The third kappa shape index (κ3) is 2.48.